The number of aromatic nitrogens is 1. The lowest BCUT2D eigenvalue weighted by molar-refractivity contribution is 0.999. The maximum atomic E-state index is 2.33. The molecule has 1 aromatic carbocycles. The summed E-state index contributed by atoms with van der Waals surface area (Å²) in [6, 6.07) is 10.9. The van der Waals surface area contributed by atoms with Crippen LogP contribution in [0.3, 0.4) is 0 Å². The molecule has 2 aromatic rings. The average Bonchev–Trinajstić information content (AvgIpc) is 2.45. The van der Waals surface area contributed by atoms with Gasteiger partial charge in [0.15, 0.2) is 0 Å². The zero-order chi connectivity index (χ0) is 9.42. The summed E-state index contributed by atoms with van der Waals surface area (Å²) in [6.45, 7) is 4.66. The highest BCUT2D eigenvalue weighted by atomic mass is 28.3. The molecule has 0 saturated carbocycles. The van der Waals surface area contributed by atoms with Crippen molar-refractivity contribution in [1.82, 2.24) is 4.57 Å². The van der Waals surface area contributed by atoms with E-state index in [1.54, 1.807) is 0 Å². The van der Waals surface area contributed by atoms with Gasteiger partial charge in [0.25, 0.3) is 0 Å². The molecule has 0 aliphatic rings. The van der Waals surface area contributed by atoms with E-state index in [0.29, 0.717) is 0 Å². The number of rotatable bonds is 1. The molecule has 0 aliphatic heterocycles. The molecule has 0 saturated heterocycles. The molecular weight excluding hydrogens is 174 g/mol. The smallest absolute Gasteiger partial charge is 0.101 e. The molecule has 2 heteroatoms. The fraction of sp³-hybridized carbons (Fsp3) is 0.273. The number of para-hydroxylation sites is 1. The van der Waals surface area contributed by atoms with Crippen molar-refractivity contribution in [3.63, 3.8) is 0 Å². The molecular formula is C11H14NSi. The molecule has 0 atom stereocenters. The van der Waals surface area contributed by atoms with Crippen LogP contribution in [0.2, 0.25) is 13.1 Å². The van der Waals surface area contributed by atoms with E-state index in [2.05, 4.69) is 55.0 Å². The number of hydrogen-bond acceptors (Lipinski definition) is 0. The Hall–Kier alpha value is -1.02. The zero-order valence-corrected chi connectivity index (χ0v) is 9.33. The minimum atomic E-state index is -0.340. The molecule has 0 aliphatic carbocycles. The van der Waals surface area contributed by atoms with Gasteiger partial charge in [-0.2, -0.15) is 0 Å². The number of nitrogens with zero attached hydrogens (tertiary/aromatic N) is 1. The standard InChI is InChI=1S/C11H14NSi/c1-12-10-7-5-4-6-9(10)8-11(12)13(2)3/h4-8H,1-3H3. The molecule has 0 spiro atoms. The lowest BCUT2D eigenvalue weighted by Crippen LogP contribution is -2.28. The van der Waals surface area contributed by atoms with Crippen molar-refractivity contribution in [2.45, 2.75) is 13.1 Å². The topological polar surface area (TPSA) is 4.93 Å². The molecule has 0 fully saturated rings. The highest BCUT2D eigenvalue weighted by Gasteiger charge is 2.08. The summed E-state index contributed by atoms with van der Waals surface area (Å²) in [5.74, 6) is 0. The van der Waals surface area contributed by atoms with E-state index in [0.717, 1.165) is 0 Å². The molecule has 67 valence electrons. The van der Waals surface area contributed by atoms with Gasteiger partial charge in [-0.15, -0.1) is 0 Å². The minimum absolute atomic E-state index is 0.340. The van der Waals surface area contributed by atoms with Crippen LogP contribution in [0.25, 0.3) is 10.9 Å². The maximum Gasteiger partial charge on any atom is 0.101 e. The van der Waals surface area contributed by atoms with Gasteiger partial charge in [-0.25, -0.2) is 0 Å². The van der Waals surface area contributed by atoms with Crippen LogP contribution in [0.1, 0.15) is 0 Å². The Bertz CT molecular complexity index is 429. The molecule has 0 amide bonds. The van der Waals surface area contributed by atoms with Gasteiger partial charge < -0.3 is 4.57 Å². The van der Waals surface area contributed by atoms with Crippen molar-refractivity contribution in [1.29, 1.82) is 0 Å². The summed E-state index contributed by atoms with van der Waals surface area (Å²) in [7, 11) is 1.82. The van der Waals surface area contributed by atoms with E-state index in [9.17, 15) is 0 Å². The van der Waals surface area contributed by atoms with Crippen LogP contribution >= 0.6 is 0 Å². The number of aryl methyl sites for hydroxylation is 1. The lowest BCUT2D eigenvalue weighted by Gasteiger charge is -2.05. The second kappa shape index (κ2) is 3.03. The van der Waals surface area contributed by atoms with Crippen LogP contribution in [-0.4, -0.2) is 13.4 Å². The second-order valence-electron chi connectivity index (χ2n) is 3.65. The fourth-order valence-corrected chi connectivity index (χ4v) is 3.00. The first-order chi connectivity index (χ1) is 6.20. The van der Waals surface area contributed by atoms with Gasteiger partial charge in [-0.3, -0.25) is 0 Å². The van der Waals surface area contributed by atoms with Crippen molar-refractivity contribution in [3.05, 3.63) is 30.3 Å². The van der Waals surface area contributed by atoms with E-state index in [4.69, 9.17) is 0 Å². The Kier molecular flexibility index (Phi) is 2.00. The first-order valence-electron chi connectivity index (χ1n) is 4.55. The van der Waals surface area contributed by atoms with Crippen LogP contribution in [0.15, 0.2) is 30.3 Å². The predicted molar refractivity (Wildman–Crippen MR) is 60.0 cm³/mol. The summed E-state index contributed by atoms with van der Waals surface area (Å²) in [4.78, 5) is 0. The molecule has 2 rings (SSSR count). The zero-order valence-electron chi connectivity index (χ0n) is 8.33. The normalized spacial score (nSPS) is 11.4. The lowest BCUT2D eigenvalue weighted by atomic mass is 10.2. The molecule has 1 heterocycles. The van der Waals surface area contributed by atoms with Crippen molar-refractivity contribution < 1.29 is 0 Å². The first-order valence-corrected chi connectivity index (χ1v) is 7.05. The summed E-state index contributed by atoms with van der Waals surface area (Å²) in [5.41, 5.74) is 1.35. The van der Waals surface area contributed by atoms with Gasteiger partial charge in [0.1, 0.15) is 8.80 Å². The van der Waals surface area contributed by atoms with Crippen LogP contribution in [0.5, 0.6) is 0 Å². The van der Waals surface area contributed by atoms with E-state index in [1.165, 1.54) is 16.2 Å². The molecule has 1 nitrogen and oxygen atoms in total. The van der Waals surface area contributed by atoms with E-state index in [1.807, 2.05) is 0 Å². The van der Waals surface area contributed by atoms with Crippen LogP contribution in [0, 0.1) is 0 Å². The molecule has 1 aromatic heterocycles. The summed E-state index contributed by atoms with van der Waals surface area (Å²) in [6.07, 6.45) is 0. The summed E-state index contributed by atoms with van der Waals surface area (Å²) >= 11 is 0. The SMILES string of the molecule is Cn1c([Si](C)C)cc2ccccc21. The molecule has 0 unspecified atom stereocenters. The van der Waals surface area contributed by atoms with Gasteiger partial charge in [0.05, 0.1) is 0 Å². The molecule has 0 bridgehead atoms. The van der Waals surface area contributed by atoms with Crippen molar-refractivity contribution >= 4 is 25.0 Å². The summed E-state index contributed by atoms with van der Waals surface area (Å²) in [5, 5.41) is 2.87. The third-order valence-electron chi connectivity index (χ3n) is 2.46. The Morgan fingerprint density at radius 3 is 2.46 bits per heavy atom. The minimum Gasteiger partial charge on any atom is -0.352 e. The Morgan fingerprint density at radius 1 is 1.15 bits per heavy atom. The number of benzene rings is 1. The first kappa shape index (κ1) is 8.57. The van der Waals surface area contributed by atoms with Crippen molar-refractivity contribution in [2.75, 3.05) is 0 Å². The average molecular weight is 188 g/mol. The molecule has 1 radical (unpaired) electrons. The monoisotopic (exact) mass is 188 g/mol. The van der Waals surface area contributed by atoms with Gasteiger partial charge in [0, 0.05) is 12.6 Å². The van der Waals surface area contributed by atoms with E-state index in [-0.39, 0.29) is 8.80 Å². The van der Waals surface area contributed by atoms with Gasteiger partial charge >= 0.3 is 0 Å². The van der Waals surface area contributed by atoms with Gasteiger partial charge in [-0.1, -0.05) is 31.3 Å². The molecule has 0 N–H and O–H groups in total. The van der Waals surface area contributed by atoms with Crippen molar-refractivity contribution in [2.24, 2.45) is 7.05 Å². The van der Waals surface area contributed by atoms with Crippen LogP contribution in [-0.2, 0) is 7.05 Å². The third kappa shape index (κ3) is 1.31. The van der Waals surface area contributed by atoms with E-state index >= 15 is 0 Å². The van der Waals surface area contributed by atoms with Gasteiger partial charge in [0.2, 0.25) is 0 Å². The number of fused-ring (bicyclic) bond motifs is 1. The van der Waals surface area contributed by atoms with Crippen LogP contribution < -0.4 is 5.32 Å². The van der Waals surface area contributed by atoms with Crippen LogP contribution in [0.4, 0.5) is 0 Å². The van der Waals surface area contributed by atoms with Gasteiger partial charge in [-0.05, 0) is 22.8 Å². The highest BCUT2D eigenvalue weighted by molar-refractivity contribution is 6.70. The fourth-order valence-electron chi connectivity index (χ4n) is 1.77. The third-order valence-corrected chi connectivity index (χ3v) is 3.97. The number of hydrogen-bond donors (Lipinski definition) is 0. The molecule has 13 heavy (non-hydrogen) atoms. The largest absolute Gasteiger partial charge is 0.352 e. The quantitative estimate of drug-likeness (QED) is 0.604. The Balaban J connectivity index is 2.74. The second-order valence-corrected chi connectivity index (χ2v) is 6.16. The highest BCUT2D eigenvalue weighted by Crippen LogP contribution is 2.12. The predicted octanol–water partition coefficient (Wildman–Crippen LogP) is 2.14. The Morgan fingerprint density at radius 2 is 1.85 bits per heavy atom. The summed E-state index contributed by atoms with van der Waals surface area (Å²) < 4.78 is 2.32. The van der Waals surface area contributed by atoms with E-state index < -0.39 is 0 Å². The van der Waals surface area contributed by atoms with Crippen molar-refractivity contribution in [3.8, 4) is 0 Å². The maximum absolute atomic E-state index is 2.33. The Labute approximate surface area is 80.6 Å².